The molecule has 1 heterocycles. The number of hydrogen-bond donors (Lipinski definition) is 0. The fourth-order valence-corrected chi connectivity index (χ4v) is 2.31. The third-order valence-electron chi connectivity index (χ3n) is 3.60. The van der Waals surface area contributed by atoms with Crippen LogP contribution in [0.2, 0.25) is 0 Å². The molecule has 0 bridgehead atoms. The van der Waals surface area contributed by atoms with Crippen molar-refractivity contribution in [3.05, 3.63) is 52.6 Å². The molecule has 0 saturated heterocycles. The zero-order chi connectivity index (χ0) is 17.9. The van der Waals surface area contributed by atoms with Crippen molar-refractivity contribution in [1.82, 2.24) is 14.7 Å². The maximum atomic E-state index is 14.1. The van der Waals surface area contributed by atoms with Gasteiger partial charge >= 0.3 is 0 Å². The molecule has 0 saturated carbocycles. The van der Waals surface area contributed by atoms with Crippen molar-refractivity contribution in [2.75, 3.05) is 6.54 Å². The zero-order valence-corrected chi connectivity index (χ0v) is 13.1. The second-order valence-electron chi connectivity index (χ2n) is 5.22. The smallest absolute Gasteiger partial charge is 0.283 e. The van der Waals surface area contributed by atoms with E-state index in [4.69, 9.17) is 5.26 Å². The topological polar surface area (TPSA) is 61.9 Å². The average Bonchev–Trinajstić information content (AvgIpc) is 2.84. The lowest BCUT2D eigenvalue weighted by molar-refractivity contribution is 0.0746. The van der Waals surface area contributed by atoms with Crippen LogP contribution in [-0.2, 0) is 13.6 Å². The monoisotopic (exact) mass is 336 g/mol. The average molecular weight is 336 g/mol. The Bertz CT molecular complexity index is 795. The number of aryl methyl sites for hydroxylation is 2. The summed E-state index contributed by atoms with van der Waals surface area (Å²) in [5.41, 5.74) is -0.109. The van der Waals surface area contributed by atoms with E-state index in [1.807, 2.05) is 19.1 Å². The van der Waals surface area contributed by atoms with Crippen molar-refractivity contribution in [3.8, 4) is 6.07 Å². The molecule has 0 fully saturated rings. The normalized spacial score (nSPS) is 10.7. The van der Waals surface area contributed by atoms with Crippen LogP contribution in [0.5, 0.6) is 0 Å². The van der Waals surface area contributed by atoms with Crippen molar-refractivity contribution in [2.45, 2.75) is 19.9 Å². The number of amides is 1. The summed E-state index contributed by atoms with van der Waals surface area (Å²) >= 11 is 0. The third kappa shape index (κ3) is 3.40. The van der Waals surface area contributed by atoms with Gasteiger partial charge in [0.15, 0.2) is 0 Å². The number of halogens is 3. The Hall–Kier alpha value is -2.82. The number of carbonyl (C=O) groups excluding carboxylic acids is 1. The highest BCUT2D eigenvalue weighted by Gasteiger charge is 2.31. The van der Waals surface area contributed by atoms with Gasteiger partial charge in [-0.2, -0.15) is 14.8 Å². The predicted molar refractivity (Wildman–Crippen MR) is 79.7 cm³/mol. The van der Waals surface area contributed by atoms with E-state index >= 15 is 0 Å². The van der Waals surface area contributed by atoms with Gasteiger partial charge in [0.05, 0.1) is 6.07 Å². The highest BCUT2D eigenvalue weighted by molar-refractivity contribution is 5.95. The molecule has 0 spiro atoms. The number of alkyl halides is 2. The summed E-state index contributed by atoms with van der Waals surface area (Å²) in [6.45, 7) is 1.47. The Morgan fingerprint density at radius 2 is 2.08 bits per heavy atom. The van der Waals surface area contributed by atoms with Crippen LogP contribution in [0.15, 0.2) is 24.3 Å². The summed E-state index contributed by atoms with van der Waals surface area (Å²) in [4.78, 5) is 13.6. The number of aromatic nitrogens is 2. The van der Waals surface area contributed by atoms with Gasteiger partial charge < -0.3 is 4.90 Å². The molecule has 0 radical (unpaired) electrons. The molecule has 0 aliphatic heterocycles. The predicted octanol–water partition coefficient (Wildman–Crippen LogP) is 2.97. The van der Waals surface area contributed by atoms with Crippen LogP contribution in [0.4, 0.5) is 13.2 Å². The minimum absolute atomic E-state index is 0.01000. The summed E-state index contributed by atoms with van der Waals surface area (Å²) in [5.74, 6) is -2.14. The molecule has 2 rings (SSSR count). The van der Waals surface area contributed by atoms with E-state index in [0.29, 0.717) is 4.68 Å². The Labute approximate surface area is 136 Å². The molecule has 2 aromatic rings. The van der Waals surface area contributed by atoms with Crippen molar-refractivity contribution in [2.24, 2.45) is 7.05 Å². The van der Waals surface area contributed by atoms with E-state index in [1.165, 1.54) is 0 Å². The fourth-order valence-electron chi connectivity index (χ4n) is 2.31. The Kier molecular flexibility index (Phi) is 5.24. The minimum atomic E-state index is -3.10. The van der Waals surface area contributed by atoms with Gasteiger partial charge in [-0.05, 0) is 18.1 Å². The van der Waals surface area contributed by atoms with E-state index in [-0.39, 0.29) is 13.1 Å². The highest BCUT2D eigenvalue weighted by Crippen LogP contribution is 2.25. The summed E-state index contributed by atoms with van der Waals surface area (Å²) in [6, 6.07) is 8.94. The van der Waals surface area contributed by atoms with Gasteiger partial charge in [-0.25, -0.2) is 13.5 Å². The minimum Gasteiger partial charge on any atom is -0.321 e. The van der Waals surface area contributed by atoms with Crippen LogP contribution in [-0.4, -0.2) is 27.1 Å². The summed E-state index contributed by atoms with van der Waals surface area (Å²) in [6.07, 6.45) is -3.10. The number of nitrogens with zero attached hydrogens (tertiary/aromatic N) is 4. The maximum absolute atomic E-state index is 14.1. The van der Waals surface area contributed by atoms with E-state index in [9.17, 15) is 18.0 Å². The van der Waals surface area contributed by atoms with Gasteiger partial charge in [-0.1, -0.05) is 24.3 Å². The van der Waals surface area contributed by atoms with Crippen LogP contribution in [0.25, 0.3) is 0 Å². The lowest BCUT2D eigenvalue weighted by atomic mass is 10.1. The molecule has 0 aliphatic rings. The van der Waals surface area contributed by atoms with Gasteiger partial charge in [0.25, 0.3) is 12.3 Å². The summed E-state index contributed by atoms with van der Waals surface area (Å²) < 4.78 is 40.8. The summed E-state index contributed by atoms with van der Waals surface area (Å²) in [5, 5.41) is 12.3. The quantitative estimate of drug-likeness (QED) is 0.789. The number of carbonyl (C=O) groups is 1. The Balaban J connectivity index is 2.41. The van der Waals surface area contributed by atoms with Crippen LogP contribution in [0.3, 0.4) is 0 Å². The molecule has 8 heteroatoms. The number of nitriles is 1. The van der Waals surface area contributed by atoms with Crippen LogP contribution in [0.1, 0.15) is 33.6 Å². The molecule has 24 heavy (non-hydrogen) atoms. The van der Waals surface area contributed by atoms with E-state index in [2.05, 4.69) is 5.10 Å². The first-order valence-electron chi connectivity index (χ1n) is 7.08. The van der Waals surface area contributed by atoms with Crippen LogP contribution in [0, 0.1) is 24.2 Å². The SMILES string of the molecule is Cc1ccccc1CN(CC#N)C(=O)c1c(C(F)F)nn(C)c1F. The Morgan fingerprint density at radius 1 is 1.42 bits per heavy atom. The summed E-state index contributed by atoms with van der Waals surface area (Å²) in [7, 11) is 1.13. The number of hydrogen-bond acceptors (Lipinski definition) is 3. The van der Waals surface area contributed by atoms with E-state index in [0.717, 1.165) is 23.1 Å². The van der Waals surface area contributed by atoms with E-state index < -0.39 is 29.5 Å². The zero-order valence-electron chi connectivity index (χ0n) is 13.1. The van der Waals surface area contributed by atoms with Crippen LogP contribution < -0.4 is 0 Å². The van der Waals surface area contributed by atoms with Gasteiger partial charge in [0.1, 0.15) is 17.8 Å². The molecule has 126 valence electrons. The largest absolute Gasteiger partial charge is 0.321 e. The molecule has 1 aromatic heterocycles. The standard InChI is InChI=1S/C16H15F3N4O/c1-10-5-3-4-6-11(10)9-23(8-7-20)16(24)12-13(14(17)18)21-22(2)15(12)19/h3-6,14H,8-9H2,1-2H3. The lowest BCUT2D eigenvalue weighted by Crippen LogP contribution is -2.32. The molecule has 1 amide bonds. The van der Waals surface area contributed by atoms with Crippen molar-refractivity contribution >= 4 is 5.91 Å². The van der Waals surface area contributed by atoms with Crippen molar-refractivity contribution < 1.29 is 18.0 Å². The highest BCUT2D eigenvalue weighted by atomic mass is 19.3. The third-order valence-corrected chi connectivity index (χ3v) is 3.60. The maximum Gasteiger partial charge on any atom is 0.283 e. The molecule has 0 atom stereocenters. The number of benzene rings is 1. The Morgan fingerprint density at radius 3 is 2.67 bits per heavy atom. The van der Waals surface area contributed by atoms with Crippen LogP contribution >= 0.6 is 0 Å². The molecular weight excluding hydrogens is 321 g/mol. The molecule has 0 N–H and O–H groups in total. The first-order valence-corrected chi connectivity index (χ1v) is 7.08. The lowest BCUT2D eigenvalue weighted by Gasteiger charge is -2.20. The van der Waals surface area contributed by atoms with Crippen molar-refractivity contribution in [3.63, 3.8) is 0 Å². The molecule has 1 aromatic carbocycles. The van der Waals surface area contributed by atoms with Gasteiger partial charge in [-0.3, -0.25) is 4.79 Å². The van der Waals surface area contributed by atoms with Gasteiger partial charge in [0, 0.05) is 13.6 Å². The molecule has 0 aliphatic carbocycles. The molecule has 0 unspecified atom stereocenters. The molecular formula is C16H15F3N4O. The first-order chi connectivity index (χ1) is 11.4. The van der Waals surface area contributed by atoms with E-state index in [1.54, 1.807) is 18.2 Å². The first kappa shape index (κ1) is 17.5. The number of rotatable bonds is 5. The second-order valence-corrected chi connectivity index (χ2v) is 5.22. The molecule has 5 nitrogen and oxygen atoms in total. The second kappa shape index (κ2) is 7.17. The van der Waals surface area contributed by atoms with Gasteiger partial charge in [-0.15, -0.1) is 0 Å². The van der Waals surface area contributed by atoms with Crippen molar-refractivity contribution in [1.29, 1.82) is 5.26 Å². The van der Waals surface area contributed by atoms with Gasteiger partial charge in [0.2, 0.25) is 5.95 Å². The fraction of sp³-hybridized carbons (Fsp3) is 0.312.